The van der Waals surface area contributed by atoms with Gasteiger partial charge in [-0.05, 0) is 67.8 Å². The van der Waals surface area contributed by atoms with Crippen LogP contribution in [0.3, 0.4) is 0 Å². The highest BCUT2D eigenvalue weighted by atomic mass is 35.5. The van der Waals surface area contributed by atoms with E-state index >= 15 is 0 Å². The lowest BCUT2D eigenvalue weighted by Gasteiger charge is -2.32. The van der Waals surface area contributed by atoms with Crippen LogP contribution in [0.15, 0.2) is 77.7 Å². The molecule has 0 radical (unpaired) electrons. The topological polar surface area (TPSA) is 86.8 Å². The van der Waals surface area contributed by atoms with Gasteiger partial charge in [-0.2, -0.15) is 0 Å². The first-order valence-electron chi connectivity index (χ1n) is 12.7. The number of anilines is 1. The Kier molecular flexibility index (Phi) is 10.5. The zero-order chi connectivity index (χ0) is 28.6. The number of hydrogen-bond acceptors (Lipinski definition) is 4. The van der Waals surface area contributed by atoms with E-state index < -0.39 is 34.3 Å². The fourth-order valence-electron chi connectivity index (χ4n) is 3.99. The van der Waals surface area contributed by atoms with Crippen molar-refractivity contribution in [2.75, 3.05) is 17.4 Å². The summed E-state index contributed by atoms with van der Waals surface area (Å²) >= 11 is 6.23. The largest absolute Gasteiger partial charge is 0.354 e. The van der Waals surface area contributed by atoms with Crippen LogP contribution in [0.5, 0.6) is 0 Å². The summed E-state index contributed by atoms with van der Waals surface area (Å²) in [5, 5.41) is 3.14. The number of hydrogen-bond donors (Lipinski definition) is 1. The predicted molar refractivity (Wildman–Crippen MR) is 151 cm³/mol. The number of halogens is 2. The van der Waals surface area contributed by atoms with Gasteiger partial charge < -0.3 is 10.2 Å². The lowest BCUT2D eigenvalue weighted by molar-refractivity contribution is -0.139. The van der Waals surface area contributed by atoms with Gasteiger partial charge in [0.05, 0.1) is 10.6 Å². The van der Waals surface area contributed by atoms with Crippen molar-refractivity contribution in [3.63, 3.8) is 0 Å². The molecule has 3 rings (SSSR count). The lowest BCUT2D eigenvalue weighted by atomic mass is 10.1. The van der Waals surface area contributed by atoms with Gasteiger partial charge in [-0.3, -0.25) is 13.9 Å². The Morgan fingerprint density at radius 1 is 1.03 bits per heavy atom. The fourth-order valence-corrected chi connectivity index (χ4v) is 5.65. The molecule has 0 bridgehead atoms. The Hall–Kier alpha value is -3.43. The first-order valence-corrected chi connectivity index (χ1v) is 14.5. The first-order chi connectivity index (χ1) is 18.5. The summed E-state index contributed by atoms with van der Waals surface area (Å²) in [5.74, 6) is -1.40. The number of benzene rings is 3. The standard InChI is InChI=1S/C29H33ClFN3O4S/c1-4-5-17-32-29(36)22(3)33(19-23-12-15-25(31)16-13-23)28(35)20-34(27-18-24(30)14-11-21(27)2)39(37,38)26-9-7-6-8-10-26/h6-16,18,22H,4-5,17,19-20H2,1-3H3,(H,32,36). The monoisotopic (exact) mass is 573 g/mol. The molecule has 1 atom stereocenters. The number of rotatable bonds is 12. The second kappa shape index (κ2) is 13.6. The van der Waals surface area contributed by atoms with Crippen LogP contribution < -0.4 is 9.62 Å². The van der Waals surface area contributed by atoms with Crippen LogP contribution >= 0.6 is 11.6 Å². The van der Waals surface area contributed by atoms with Crippen LogP contribution in [0, 0.1) is 12.7 Å². The van der Waals surface area contributed by atoms with E-state index in [0.29, 0.717) is 22.7 Å². The van der Waals surface area contributed by atoms with Crippen molar-refractivity contribution in [3.8, 4) is 0 Å². The van der Waals surface area contributed by atoms with E-state index in [1.165, 1.54) is 47.4 Å². The van der Waals surface area contributed by atoms with Gasteiger partial charge in [0, 0.05) is 18.1 Å². The fraction of sp³-hybridized carbons (Fsp3) is 0.310. The third kappa shape index (κ3) is 7.80. The van der Waals surface area contributed by atoms with E-state index in [4.69, 9.17) is 11.6 Å². The third-order valence-corrected chi connectivity index (χ3v) is 8.32. The van der Waals surface area contributed by atoms with Crippen LogP contribution in [-0.4, -0.2) is 44.3 Å². The van der Waals surface area contributed by atoms with Gasteiger partial charge in [-0.15, -0.1) is 0 Å². The minimum atomic E-state index is -4.19. The van der Waals surface area contributed by atoms with Crippen molar-refractivity contribution in [2.24, 2.45) is 0 Å². The van der Waals surface area contributed by atoms with Gasteiger partial charge >= 0.3 is 0 Å². The summed E-state index contributed by atoms with van der Waals surface area (Å²) < 4.78 is 42.2. The molecule has 0 heterocycles. The highest BCUT2D eigenvalue weighted by molar-refractivity contribution is 7.92. The number of carbonyl (C=O) groups excluding carboxylic acids is 2. The summed E-state index contributed by atoms with van der Waals surface area (Å²) in [6.45, 7) is 5.17. The number of carbonyl (C=O) groups is 2. The molecule has 0 saturated heterocycles. The van der Waals surface area contributed by atoms with E-state index in [9.17, 15) is 22.4 Å². The molecular weight excluding hydrogens is 541 g/mol. The lowest BCUT2D eigenvalue weighted by Crippen LogP contribution is -2.51. The number of nitrogens with one attached hydrogen (secondary N) is 1. The first kappa shape index (κ1) is 30.1. The molecule has 208 valence electrons. The average Bonchev–Trinajstić information content (AvgIpc) is 2.92. The van der Waals surface area contributed by atoms with Crippen molar-refractivity contribution in [2.45, 2.75) is 51.1 Å². The molecule has 7 nitrogen and oxygen atoms in total. The molecule has 2 amide bonds. The Balaban J connectivity index is 2.02. The molecule has 1 unspecified atom stereocenters. The maximum Gasteiger partial charge on any atom is 0.264 e. The predicted octanol–water partition coefficient (Wildman–Crippen LogP) is 5.32. The van der Waals surface area contributed by atoms with Crippen molar-refractivity contribution in [1.82, 2.24) is 10.2 Å². The molecule has 3 aromatic rings. The van der Waals surface area contributed by atoms with E-state index in [0.717, 1.165) is 17.1 Å². The molecule has 0 aromatic heterocycles. The SMILES string of the molecule is CCCCNC(=O)C(C)N(Cc1ccc(F)cc1)C(=O)CN(c1cc(Cl)ccc1C)S(=O)(=O)c1ccccc1. The number of amides is 2. The second-order valence-electron chi connectivity index (χ2n) is 9.22. The molecule has 0 aliphatic carbocycles. The number of nitrogens with zero attached hydrogens (tertiary/aromatic N) is 2. The molecule has 0 spiro atoms. The van der Waals surface area contributed by atoms with E-state index in [1.807, 2.05) is 6.92 Å². The normalized spacial score (nSPS) is 12.0. The Morgan fingerprint density at radius 3 is 2.33 bits per heavy atom. The van der Waals surface area contributed by atoms with Crippen LogP contribution in [0.25, 0.3) is 0 Å². The molecule has 0 aliphatic heterocycles. The van der Waals surface area contributed by atoms with Crippen LogP contribution in [0.4, 0.5) is 10.1 Å². The highest BCUT2D eigenvalue weighted by Crippen LogP contribution is 2.30. The summed E-state index contributed by atoms with van der Waals surface area (Å²) in [5.41, 5.74) is 1.44. The average molecular weight is 574 g/mol. The number of aryl methyl sites for hydroxylation is 1. The van der Waals surface area contributed by atoms with Crippen molar-refractivity contribution >= 4 is 39.1 Å². The van der Waals surface area contributed by atoms with Crippen molar-refractivity contribution in [3.05, 3.63) is 94.8 Å². The summed E-state index contributed by atoms with van der Waals surface area (Å²) in [4.78, 5) is 28.2. The molecule has 39 heavy (non-hydrogen) atoms. The maximum atomic E-state index is 13.9. The van der Waals surface area contributed by atoms with Crippen LogP contribution in [0.1, 0.15) is 37.8 Å². The minimum absolute atomic E-state index is 0.00705. The van der Waals surface area contributed by atoms with Gasteiger partial charge in [0.25, 0.3) is 10.0 Å². The Labute approximate surface area is 234 Å². The van der Waals surface area contributed by atoms with Gasteiger partial charge in [-0.25, -0.2) is 12.8 Å². The molecule has 10 heteroatoms. The zero-order valence-corrected chi connectivity index (χ0v) is 23.8. The van der Waals surface area contributed by atoms with Crippen LogP contribution in [-0.2, 0) is 26.2 Å². The highest BCUT2D eigenvalue weighted by Gasteiger charge is 2.33. The molecule has 0 saturated carbocycles. The molecule has 3 aromatic carbocycles. The smallest absolute Gasteiger partial charge is 0.264 e. The zero-order valence-electron chi connectivity index (χ0n) is 22.2. The summed E-state index contributed by atoms with van der Waals surface area (Å²) in [6, 6.07) is 17.3. The minimum Gasteiger partial charge on any atom is -0.354 e. The van der Waals surface area contributed by atoms with Crippen LogP contribution in [0.2, 0.25) is 5.02 Å². The number of unbranched alkanes of at least 4 members (excludes halogenated alkanes) is 1. The van der Waals surface area contributed by atoms with Crippen molar-refractivity contribution < 1.29 is 22.4 Å². The van der Waals surface area contributed by atoms with E-state index in [-0.39, 0.29) is 23.0 Å². The third-order valence-electron chi connectivity index (χ3n) is 6.31. The summed E-state index contributed by atoms with van der Waals surface area (Å²) in [6.07, 6.45) is 1.67. The van der Waals surface area contributed by atoms with Gasteiger partial charge in [0.2, 0.25) is 11.8 Å². The molecule has 0 aliphatic rings. The quantitative estimate of drug-likeness (QED) is 0.297. The maximum absolute atomic E-state index is 13.9. The van der Waals surface area contributed by atoms with Gasteiger partial charge in [-0.1, -0.05) is 61.3 Å². The number of sulfonamides is 1. The second-order valence-corrected chi connectivity index (χ2v) is 11.5. The molecular formula is C29H33ClFN3O4S. The Morgan fingerprint density at radius 2 is 1.69 bits per heavy atom. The van der Waals surface area contributed by atoms with Crippen molar-refractivity contribution in [1.29, 1.82) is 0 Å². The summed E-state index contributed by atoms with van der Waals surface area (Å²) in [7, 11) is -4.19. The van der Waals surface area contributed by atoms with Gasteiger partial charge in [0.1, 0.15) is 18.4 Å². The molecule has 1 N–H and O–H groups in total. The van der Waals surface area contributed by atoms with E-state index in [2.05, 4.69) is 5.32 Å². The van der Waals surface area contributed by atoms with Gasteiger partial charge in [0.15, 0.2) is 0 Å². The van der Waals surface area contributed by atoms with E-state index in [1.54, 1.807) is 44.2 Å². The Bertz CT molecular complexity index is 1390. The molecule has 0 fully saturated rings.